The van der Waals surface area contributed by atoms with E-state index in [9.17, 15) is 4.39 Å². The third kappa shape index (κ3) is 1.95. The molecule has 3 heteroatoms. The molecule has 1 radical (unpaired) electrons. The molecule has 0 aliphatic rings. The van der Waals surface area contributed by atoms with Gasteiger partial charge < -0.3 is 10.1 Å². The zero-order chi connectivity index (χ0) is 8.97. The minimum absolute atomic E-state index is 0.263. The highest BCUT2D eigenvalue weighted by molar-refractivity contribution is 5.33. The Morgan fingerprint density at radius 3 is 2.92 bits per heavy atom. The minimum Gasteiger partial charge on any atom is -0.496 e. The van der Waals surface area contributed by atoms with Gasteiger partial charge in [-0.3, -0.25) is 0 Å². The van der Waals surface area contributed by atoms with Crippen LogP contribution in [-0.2, 0) is 6.54 Å². The third-order valence-corrected chi connectivity index (χ3v) is 1.56. The summed E-state index contributed by atoms with van der Waals surface area (Å²) in [5, 5.41) is 2.69. The number of nitrogens with one attached hydrogen (secondary N) is 1. The summed E-state index contributed by atoms with van der Waals surface area (Å²) in [4.78, 5) is 0. The summed E-state index contributed by atoms with van der Waals surface area (Å²) in [6.07, 6.45) is 0. The van der Waals surface area contributed by atoms with Crippen LogP contribution in [0.5, 0.6) is 5.75 Å². The lowest BCUT2D eigenvalue weighted by atomic mass is 10.2. The lowest BCUT2D eigenvalue weighted by molar-refractivity contribution is -0.612. The summed E-state index contributed by atoms with van der Waals surface area (Å²) in [5.74, 6) is 0.411. The minimum atomic E-state index is -0.263. The van der Waals surface area contributed by atoms with Crippen molar-refractivity contribution in [2.24, 2.45) is 0 Å². The fraction of sp³-hybridized carbons (Fsp3) is 0.222. The molecule has 1 rings (SSSR count). The predicted molar refractivity (Wildman–Crippen MR) is 43.0 cm³/mol. The molecule has 0 aromatic heterocycles. The smallest absolute Gasteiger partial charge is 0.127 e. The molecule has 0 bridgehead atoms. The zero-order valence-corrected chi connectivity index (χ0v) is 6.93. The molecule has 0 spiro atoms. The van der Waals surface area contributed by atoms with Gasteiger partial charge in [-0.15, -0.1) is 7.05 Å². The van der Waals surface area contributed by atoms with Gasteiger partial charge in [-0.05, 0) is 18.2 Å². The van der Waals surface area contributed by atoms with E-state index in [1.54, 1.807) is 13.2 Å². The first-order valence-electron chi connectivity index (χ1n) is 3.60. The van der Waals surface area contributed by atoms with Crippen molar-refractivity contribution in [3.63, 3.8) is 0 Å². The van der Waals surface area contributed by atoms with Crippen molar-refractivity contribution in [1.29, 1.82) is 0 Å². The lowest BCUT2D eigenvalue weighted by Gasteiger charge is -2.05. The average Bonchev–Trinajstić information content (AvgIpc) is 2.05. The van der Waals surface area contributed by atoms with Gasteiger partial charge in [-0.2, -0.15) is 0 Å². The van der Waals surface area contributed by atoms with E-state index in [1.165, 1.54) is 12.1 Å². The van der Waals surface area contributed by atoms with Crippen LogP contribution in [0.25, 0.3) is 0 Å². The normalized spacial score (nSPS) is 9.92. The molecule has 0 fully saturated rings. The van der Waals surface area contributed by atoms with Crippen molar-refractivity contribution < 1.29 is 14.4 Å². The number of rotatable bonds is 3. The van der Waals surface area contributed by atoms with Crippen LogP contribution in [0.4, 0.5) is 4.39 Å². The van der Waals surface area contributed by atoms with Crippen molar-refractivity contribution >= 4 is 0 Å². The number of benzene rings is 1. The molecule has 0 amide bonds. The fourth-order valence-electron chi connectivity index (χ4n) is 1.02. The van der Waals surface area contributed by atoms with Crippen LogP contribution in [0.1, 0.15) is 5.56 Å². The molecule has 0 aliphatic heterocycles. The topological polar surface area (TPSA) is 24.8 Å². The number of ether oxygens (including phenoxy) is 1. The molecule has 0 heterocycles. The van der Waals surface area contributed by atoms with E-state index in [1.807, 2.05) is 0 Å². The molecule has 2 nitrogen and oxygen atoms in total. The van der Waals surface area contributed by atoms with Gasteiger partial charge in [0.1, 0.15) is 18.1 Å². The standard InChI is InChI=1S/C9H11FNO/c1-11-6-7-5-8(10)3-4-9(7)12-2/h3-5,11H,1,6H2,2H3. The van der Waals surface area contributed by atoms with E-state index in [4.69, 9.17) is 4.74 Å². The first-order chi connectivity index (χ1) is 5.77. The highest BCUT2D eigenvalue weighted by Gasteiger charge is 2.04. The molecule has 1 aromatic carbocycles. The second-order valence-electron chi connectivity index (χ2n) is 2.38. The maximum absolute atomic E-state index is 12.7. The van der Waals surface area contributed by atoms with Crippen LogP contribution in [-0.4, -0.2) is 7.11 Å². The molecule has 12 heavy (non-hydrogen) atoms. The summed E-state index contributed by atoms with van der Waals surface area (Å²) in [7, 11) is 5.01. The summed E-state index contributed by atoms with van der Waals surface area (Å²) in [6.45, 7) is 0.501. The van der Waals surface area contributed by atoms with Crippen LogP contribution in [0.3, 0.4) is 0 Å². The SMILES string of the molecule is [CH2-][NH+]Cc1cc(F)ccc1OC. The van der Waals surface area contributed by atoms with Crippen molar-refractivity contribution in [3.8, 4) is 5.75 Å². The fourth-order valence-corrected chi connectivity index (χ4v) is 1.02. The van der Waals surface area contributed by atoms with Gasteiger partial charge in [-0.25, -0.2) is 4.39 Å². The molecule has 1 aromatic rings. The quantitative estimate of drug-likeness (QED) is 0.652. The van der Waals surface area contributed by atoms with E-state index in [2.05, 4.69) is 12.4 Å². The van der Waals surface area contributed by atoms with E-state index in [0.29, 0.717) is 12.3 Å². The molecular formula is C9H11FNO. The number of hydrogen-bond acceptors (Lipinski definition) is 2. The molecule has 0 unspecified atom stereocenters. The second-order valence-corrected chi connectivity index (χ2v) is 2.38. The van der Waals surface area contributed by atoms with Crippen molar-refractivity contribution in [3.05, 3.63) is 36.6 Å². The van der Waals surface area contributed by atoms with Gasteiger partial charge in [0, 0.05) is 0 Å². The Hall–Kier alpha value is -1.09. The molecule has 1 N–H and O–H groups in total. The van der Waals surface area contributed by atoms with Crippen LogP contribution in [0.15, 0.2) is 18.2 Å². The highest BCUT2D eigenvalue weighted by atomic mass is 19.1. The monoisotopic (exact) mass is 168 g/mol. The van der Waals surface area contributed by atoms with Crippen LogP contribution < -0.4 is 10.1 Å². The van der Waals surface area contributed by atoms with Crippen LogP contribution in [0.2, 0.25) is 0 Å². The number of hydrogen-bond donors (Lipinski definition) is 1. The Bertz CT molecular complexity index is 263. The molecule has 0 saturated heterocycles. The summed E-state index contributed by atoms with van der Waals surface area (Å²) < 4.78 is 17.7. The Morgan fingerprint density at radius 2 is 2.33 bits per heavy atom. The van der Waals surface area contributed by atoms with Crippen LogP contribution >= 0.6 is 0 Å². The van der Waals surface area contributed by atoms with Crippen molar-refractivity contribution in [2.75, 3.05) is 7.11 Å². The van der Waals surface area contributed by atoms with Gasteiger partial charge in [-0.1, -0.05) is 0 Å². The number of halogens is 1. The Labute approximate surface area is 71.4 Å². The number of methoxy groups -OCH3 is 1. The molecule has 65 valence electrons. The maximum Gasteiger partial charge on any atom is 0.127 e. The van der Waals surface area contributed by atoms with E-state index < -0.39 is 0 Å². The summed E-state index contributed by atoms with van der Waals surface area (Å²) in [5.41, 5.74) is 0.771. The van der Waals surface area contributed by atoms with Crippen molar-refractivity contribution in [1.82, 2.24) is 0 Å². The average molecular weight is 168 g/mol. The van der Waals surface area contributed by atoms with E-state index in [0.717, 1.165) is 5.56 Å². The first-order valence-corrected chi connectivity index (χ1v) is 3.60. The van der Waals surface area contributed by atoms with E-state index in [-0.39, 0.29) is 5.82 Å². The Kier molecular flexibility index (Phi) is 3.05. The summed E-state index contributed by atoms with van der Waals surface area (Å²) >= 11 is 0. The van der Waals surface area contributed by atoms with Gasteiger partial charge in [0.05, 0.1) is 12.7 Å². The van der Waals surface area contributed by atoms with Crippen LogP contribution in [0, 0.1) is 12.9 Å². The lowest BCUT2D eigenvalue weighted by Crippen LogP contribution is -2.74. The van der Waals surface area contributed by atoms with E-state index >= 15 is 0 Å². The van der Waals surface area contributed by atoms with Crippen molar-refractivity contribution in [2.45, 2.75) is 6.54 Å². The third-order valence-electron chi connectivity index (χ3n) is 1.56. The van der Waals surface area contributed by atoms with Gasteiger partial charge in [0.15, 0.2) is 0 Å². The maximum atomic E-state index is 12.7. The molecular weight excluding hydrogens is 157 g/mol. The summed E-state index contributed by atoms with van der Waals surface area (Å²) in [6, 6.07) is 4.39. The Balaban J connectivity index is 2.95. The van der Waals surface area contributed by atoms with Gasteiger partial charge in [0.2, 0.25) is 0 Å². The molecule has 0 atom stereocenters. The first kappa shape index (κ1) is 9.00. The van der Waals surface area contributed by atoms with Gasteiger partial charge >= 0.3 is 0 Å². The largest absolute Gasteiger partial charge is 0.496 e. The van der Waals surface area contributed by atoms with Gasteiger partial charge in [0.25, 0.3) is 0 Å². The Morgan fingerprint density at radius 1 is 1.58 bits per heavy atom. The molecule has 0 aliphatic carbocycles. The zero-order valence-electron chi connectivity index (χ0n) is 6.93. The highest BCUT2D eigenvalue weighted by Crippen LogP contribution is 2.17. The molecule has 0 saturated carbocycles. The second kappa shape index (κ2) is 4.07. The predicted octanol–water partition coefficient (Wildman–Crippen LogP) is 0.475.